The van der Waals surface area contributed by atoms with Crippen molar-refractivity contribution in [3.8, 4) is 5.75 Å². The molecule has 1 aromatic heterocycles. The van der Waals surface area contributed by atoms with Crippen LogP contribution in [0.25, 0.3) is 0 Å². The lowest BCUT2D eigenvalue weighted by Crippen LogP contribution is -2.41. The zero-order valence-electron chi connectivity index (χ0n) is 25.5. The van der Waals surface area contributed by atoms with E-state index in [0.29, 0.717) is 5.75 Å². The highest BCUT2D eigenvalue weighted by Gasteiger charge is 2.48. The van der Waals surface area contributed by atoms with Gasteiger partial charge in [-0.15, -0.1) is 0 Å². The van der Waals surface area contributed by atoms with Gasteiger partial charge in [-0.3, -0.25) is 19.1 Å². The van der Waals surface area contributed by atoms with Crippen LogP contribution in [0.15, 0.2) is 101 Å². The Morgan fingerprint density at radius 1 is 0.978 bits per heavy atom. The van der Waals surface area contributed by atoms with Gasteiger partial charge in [0.1, 0.15) is 29.7 Å². The number of nitrogens with zero attached hydrogens (tertiary/aromatic N) is 1. The summed E-state index contributed by atoms with van der Waals surface area (Å²) in [5.74, 6) is 0.396. The molecule has 4 N–H and O–H groups in total. The molecule has 1 amide bonds. The van der Waals surface area contributed by atoms with Crippen molar-refractivity contribution in [3.05, 3.63) is 134 Å². The van der Waals surface area contributed by atoms with Crippen LogP contribution in [0.2, 0.25) is 0 Å². The zero-order valence-corrected chi connectivity index (χ0v) is 25.5. The van der Waals surface area contributed by atoms with Gasteiger partial charge in [-0.2, -0.15) is 0 Å². The molecule has 4 aromatic rings. The van der Waals surface area contributed by atoms with Crippen LogP contribution in [-0.4, -0.2) is 71.4 Å². The molecule has 0 spiro atoms. The van der Waals surface area contributed by atoms with E-state index in [0.717, 1.165) is 26.8 Å². The minimum Gasteiger partial charge on any atom is -0.497 e. The smallest absolute Gasteiger partial charge is 0.330 e. The van der Waals surface area contributed by atoms with Crippen molar-refractivity contribution >= 4 is 5.91 Å². The van der Waals surface area contributed by atoms with E-state index in [1.165, 1.54) is 19.3 Å². The number of carbonyl (C=O) groups excluding carboxylic acids is 1. The number of nitrogens with one attached hydrogen (secondary N) is 2. The number of hydrogen-bond acceptors (Lipinski definition) is 9. The third kappa shape index (κ3) is 6.81. The van der Waals surface area contributed by atoms with E-state index in [1.54, 1.807) is 7.11 Å². The van der Waals surface area contributed by atoms with Gasteiger partial charge in [0, 0.05) is 25.7 Å². The first-order chi connectivity index (χ1) is 22.3. The number of aromatic nitrogens is 2. The summed E-state index contributed by atoms with van der Waals surface area (Å²) in [6.07, 6.45) is -3.19. The predicted octanol–water partition coefficient (Wildman–Crippen LogP) is 1.83. The highest BCUT2D eigenvalue weighted by Crippen LogP contribution is 2.42. The first-order valence-electron chi connectivity index (χ1n) is 14.8. The predicted molar refractivity (Wildman–Crippen MR) is 167 cm³/mol. The normalized spacial score (nSPS) is 20.6. The third-order valence-corrected chi connectivity index (χ3v) is 8.04. The quantitative estimate of drug-likeness (QED) is 0.161. The second-order valence-corrected chi connectivity index (χ2v) is 10.8. The molecule has 0 bridgehead atoms. The van der Waals surface area contributed by atoms with Crippen LogP contribution in [0.3, 0.4) is 0 Å². The molecule has 2 unspecified atom stereocenters. The standard InChI is InChI=1S/C34H37N3O9/c1-35-28(39)17-19-44-31-30(41)27(46-32(31)37-18-16-29(40)36-33(37)42)21-45-34(23-6-4-3-5-7-23,24-10-8-22(20-38)9-11-24)25-12-14-26(43-2)15-13-25/h3-16,18,27,30-32,38,41H,17,19-21H2,1-2H3,(H,35,39)(H,36,40,42)/t27-,30+,31?,32-,34?/m1/s1. The minimum absolute atomic E-state index is 0.0204. The average molecular weight is 632 g/mol. The molecule has 242 valence electrons. The van der Waals surface area contributed by atoms with Crippen LogP contribution in [0, 0.1) is 0 Å². The second kappa shape index (κ2) is 14.7. The number of aliphatic hydroxyl groups excluding tert-OH is 2. The Morgan fingerprint density at radius 3 is 2.24 bits per heavy atom. The number of aromatic amines is 1. The van der Waals surface area contributed by atoms with Crippen molar-refractivity contribution in [2.24, 2.45) is 0 Å². The van der Waals surface area contributed by atoms with E-state index in [9.17, 15) is 24.6 Å². The highest BCUT2D eigenvalue weighted by atomic mass is 16.6. The number of hydrogen-bond donors (Lipinski definition) is 4. The molecule has 1 saturated heterocycles. The second-order valence-electron chi connectivity index (χ2n) is 10.8. The first kappa shape index (κ1) is 32.8. The van der Waals surface area contributed by atoms with E-state index < -0.39 is 41.4 Å². The van der Waals surface area contributed by atoms with E-state index >= 15 is 0 Å². The number of aliphatic hydroxyl groups is 2. The molecule has 46 heavy (non-hydrogen) atoms. The van der Waals surface area contributed by atoms with Crippen molar-refractivity contribution in [3.63, 3.8) is 0 Å². The van der Waals surface area contributed by atoms with Gasteiger partial charge in [-0.1, -0.05) is 66.7 Å². The summed E-state index contributed by atoms with van der Waals surface area (Å²) in [6, 6.07) is 25.6. The molecule has 12 heteroatoms. The fourth-order valence-corrected chi connectivity index (χ4v) is 5.60. The number of amides is 1. The van der Waals surface area contributed by atoms with Crippen molar-refractivity contribution in [1.82, 2.24) is 14.9 Å². The summed E-state index contributed by atoms with van der Waals surface area (Å²) >= 11 is 0. The number of ether oxygens (including phenoxy) is 4. The molecule has 12 nitrogen and oxygen atoms in total. The van der Waals surface area contributed by atoms with Gasteiger partial charge in [0.25, 0.3) is 5.56 Å². The Balaban J connectivity index is 1.54. The van der Waals surface area contributed by atoms with Gasteiger partial charge >= 0.3 is 5.69 Å². The minimum atomic E-state index is -1.28. The Labute approximate surface area is 265 Å². The van der Waals surface area contributed by atoms with Crippen molar-refractivity contribution in [2.45, 2.75) is 43.2 Å². The molecule has 0 radical (unpaired) electrons. The SMILES string of the molecule is CNC(=O)CCOC1[C@@H](O)[C@@H](COC(c2ccccc2)(c2ccc(CO)cc2)c2ccc(OC)cc2)O[C@H]1n1ccc(=O)[nH]c1=O. The van der Waals surface area contributed by atoms with Crippen LogP contribution in [0.5, 0.6) is 5.75 Å². The lowest BCUT2D eigenvalue weighted by atomic mass is 9.79. The Morgan fingerprint density at radius 2 is 1.63 bits per heavy atom. The van der Waals surface area contributed by atoms with Gasteiger partial charge in [-0.05, 0) is 34.4 Å². The van der Waals surface area contributed by atoms with Crippen molar-refractivity contribution < 1.29 is 34.0 Å². The molecular formula is C34H37N3O9. The van der Waals surface area contributed by atoms with Crippen molar-refractivity contribution in [2.75, 3.05) is 27.4 Å². The summed E-state index contributed by atoms with van der Waals surface area (Å²) in [5.41, 5.74) is 0.476. The monoisotopic (exact) mass is 631 g/mol. The average Bonchev–Trinajstić information content (AvgIpc) is 3.40. The van der Waals surface area contributed by atoms with E-state index in [2.05, 4.69) is 10.3 Å². The maximum absolute atomic E-state index is 12.8. The molecule has 3 aromatic carbocycles. The number of carbonyl (C=O) groups is 1. The number of benzene rings is 3. The zero-order chi connectivity index (χ0) is 32.7. The Kier molecular flexibility index (Phi) is 10.5. The van der Waals surface area contributed by atoms with Gasteiger partial charge in [0.15, 0.2) is 6.23 Å². The molecule has 0 saturated carbocycles. The van der Waals surface area contributed by atoms with E-state index in [-0.39, 0.29) is 32.1 Å². The number of H-pyrrole nitrogens is 1. The Bertz CT molecular complexity index is 1660. The maximum Gasteiger partial charge on any atom is 0.330 e. The van der Waals surface area contributed by atoms with Gasteiger partial charge in [0.2, 0.25) is 5.91 Å². The lowest BCUT2D eigenvalue weighted by Gasteiger charge is -2.37. The van der Waals surface area contributed by atoms with Gasteiger partial charge in [0.05, 0.1) is 26.9 Å². The van der Waals surface area contributed by atoms with E-state index in [4.69, 9.17) is 18.9 Å². The highest BCUT2D eigenvalue weighted by molar-refractivity contribution is 5.75. The first-order valence-corrected chi connectivity index (χ1v) is 14.8. The summed E-state index contributed by atoms with van der Waals surface area (Å²) in [6.45, 7) is -0.339. The summed E-state index contributed by atoms with van der Waals surface area (Å²) in [7, 11) is 3.09. The van der Waals surface area contributed by atoms with Crippen LogP contribution < -0.4 is 21.3 Å². The van der Waals surface area contributed by atoms with Crippen LogP contribution in [0.4, 0.5) is 0 Å². The molecule has 1 aliphatic heterocycles. The van der Waals surface area contributed by atoms with Gasteiger partial charge in [-0.25, -0.2) is 4.79 Å². The third-order valence-electron chi connectivity index (χ3n) is 8.04. The van der Waals surface area contributed by atoms with Gasteiger partial charge < -0.3 is 34.5 Å². The molecule has 5 rings (SSSR count). The van der Waals surface area contributed by atoms with Crippen LogP contribution >= 0.6 is 0 Å². The lowest BCUT2D eigenvalue weighted by molar-refractivity contribution is -0.124. The number of methoxy groups -OCH3 is 1. The summed E-state index contributed by atoms with van der Waals surface area (Å²) in [5, 5.41) is 23.8. The molecule has 0 aliphatic carbocycles. The maximum atomic E-state index is 12.8. The molecule has 2 heterocycles. The molecule has 5 atom stereocenters. The van der Waals surface area contributed by atoms with Crippen molar-refractivity contribution in [1.29, 1.82) is 0 Å². The Hall–Kier alpha value is -4.59. The number of rotatable bonds is 13. The van der Waals surface area contributed by atoms with Crippen LogP contribution in [-0.2, 0) is 31.2 Å². The largest absolute Gasteiger partial charge is 0.497 e. The molecule has 1 fully saturated rings. The van der Waals surface area contributed by atoms with Crippen LogP contribution in [0.1, 0.15) is 34.9 Å². The molecule has 1 aliphatic rings. The fourth-order valence-electron chi connectivity index (χ4n) is 5.60. The molecular weight excluding hydrogens is 594 g/mol. The van der Waals surface area contributed by atoms with E-state index in [1.807, 2.05) is 78.9 Å². The topological polar surface area (TPSA) is 161 Å². The summed E-state index contributed by atoms with van der Waals surface area (Å²) in [4.78, 5) is 38.6. The fraction of sp³-hybridized carbons (Fsp3) is 0.324. The summed E-state index contributed by atoms with van der Waals surface area (Å²) < 4.78 is 25.6.